The van der Waals surface area contributed by atoms with E-state index >= 15 is 0 Å². The van der Waals surface area contributed by atoms with Crippen molar-refractivity contribution in [1.29, 1.82) is 0 Å². The number of carbonyl (C=O) groups excluding carboxylic acids is 1. The van der Waals surface area contributed by atoms with E-state index in [4.69, 9.17) is 5.73 Å². The van der Waals surface area contributed by atoms with Gasteiger partial charge in [0.2, 0.25) is 5.56 Å². The van der Waals surface area contributed by atoms with E-state index in [0.29, 0.717) is 5.69 Å². The second kappa shape index (κ2) is 13.0. The molecule has 0 aliphatic carbocycles. The quantitative estimate of drug-likeness (QED) is 0.530. The number of benzene rings is 1. The van der Waals surface area contributed by atoms with E-state index in [-0.39, 0.29) is 11.5 Å². The van der Waals surface area contributed by atoms with Crippen molar-refractivity contribution in [2.45, 2.75) is 40.5 Å². The van der Waals surface area contributed by atoms with E-state index in [2.05, 4.69) is 25.4 Å². The van der Waals surface area contributed by atoms with Gasteiger partial charge in [-0.1, -0.05) is 32.6 Å². The number of H-pyrrole nitrogens is 1. The lowest BCUT2D eigenvalue weighted by atomic mass is 10.0. The van der Waals surface area contributed by atoms with Gasteiger partial charge in [-0.3, -0.25) is 9.59 Å². The number of nitrogens with two attached hydrogens (primary N) is 1. The summed E-state index contributed by atoms with van der Waals surface area (Å²) in [6.07, 6.45) is 11.5. The Morgan fingerprint density at radius 3 is 2.32 bits per heavy atom. The first-order valence-electron chi connectivity index (χ1n) is 11.7. The van der Waals surface area contributed by atoms with Crippen LogP contribution in [-0.2, 0) is 0 Å². The van der Waals surface area contributed by atoms with Gasteiger partial charge in [0.25, 0.3) is 5.91 Å². The molecule has 3 rings (SSSR count). The van der Waals surface area contributed by atoms with Gasteiger partial charge in [0, 0.05) is 54.1 Å². The number of anilines is 1. The monoisotopic (exact) mass is 460 g/mol. The topological polar surface area (TPSA) is 82.4 Å². The van der Waals surface area contributed by atoms with Gasteiger partial charge >= 0.3 is 0 Å². The molecular formula is C28H36N4O2. The summed E-state index contributed by atoms with van der Waals surface area (Å²) < 4.78 is 0. The molecule has 1 aliphatic rings. The Hall–Kier alpha value is -3.80. The lowest BCUT2D eigenvalue weighted by Crippen LogP contribution is -2.32. The Balaban J connectivity index is 0.000000242. The van der Waals surface area contributed by atoms with E-state index in [1.807, 2.05) is 54.1 Å². The number of aromatic nitrogens is 1. The number of hydrogen-bond acceptors (Lipinski definition) is 4. The minimum absolute atomic E-state index is 0.101. The van der Waals surface area contributed by atoms with Crippen LogP contribution in [0.5, 0.6) is 0 Å². The Bertz CT molecular complexity index is 1120. The molecule has 2 aromatic rings. The van der Waals surface area contributed by atoms with Crippen molar-refractivity contribution in [2.24, 2.45) is 0 Å². The predicted octanol–water partition coefficient (Wildman–Crippen LogP) is 5.56. The molecule has 0 saturated carbocycles. The van der Waals surface area contributed by atoms with Gasteiger partial charge in [-0.2, -0.15) is 0 Å². The summed E-state index contributed by atoms with van der Waals surface area (Å²) in [6, 6.07) is 10.6. The smallest absolute Gasteiger partial charge is 0.253 e. The van der Waals surface area contributed by atoms with Gasteiger partial charge in [0.15, 0.2) is 0 Å². The highest BCUT2D eigenvalue weighted by atomic mass is 16.2. The number of nitrogens with zero attached hydrogens (tertiary/aromatic N) is 2. The van der Waals surface area contributed by atoms with E-state index in [9.17, 15) is 9.59 Å². The maximum atomic E-state index is 12.1. The molecule has 1 aliphatic heterocycles. The third-order valence-electron chi connectivity index (χ3n) is 5.30. The lowest BCUT2D eigenvalue weighted by molar-refractivity contribution is 0.0755. The molecule has 0 bridgehead atoms. The molecule has 0 radical (unpaired) electrons. The number of rotatable bonds is 7. The van der Waals surface area contributed by atoms with Crippen LogP contribution in [0.3, 0.4) is 0 Å². The van der Waals surface area contributed by atoms with Gasteiger partial charge in [-0.05, 0) is 68.7 Å². The summed E-state index contributed by atoms with van der Waals surface area (Å²) >= 11 is 0. The molecule has 2 heterocycles. The molecule has 0 fully saturated rings. The van der Waals surface area contributed by atoms with E-state index in [1.165, 1.54) is 0 Å². The number of carbonyl (C=O) groups is 1. The summed E-state index contributed by atoms with van der Waals surface area (Å²) in [5.74, 6) is 0.101. The van der Waals surface area contributed by atoms with Crippen molar-refractivity contribution in [3.8, 4) is 0 Å². The standard InChI is InChI=1S/C15H16N2O.C13H20N2O/c1-4-9-17-12(3)11(2)5-6-14(17)13-7-8-16-15(18)10-13;1-3-9-15(10-4-2)13(16)11-5-7-12(14)8-6-11/h4-10H,3H2,1-2H3,(H,16,18);5-8H,3-4,9-10,14H2,1-2H3/b9-4-;. The number of nitrogen functional groups attached to an aromatic ring is 1. The Morgan fingerprint density at radius 2 is 1.76 bits per heavy atom. The van der Waals surface area contributed by atoms with Gasteiger partial charge in [0.1, 0.15) is 0 Å². The first-order chi connectivity index (χ1) is 16.3. The van der Waals surface area contributed by atoms with Gasteiger partial charge < -0.3 is 20.5 Å². The number of hydrogen-bond donors (Lipinski definition) is 2. The van der Waals surface area contributed by atoms with Crippen molar-refractivity contribution in [1.82, 2.24) is 14.8 Å². The molecule has 6 nitrogen and oxygen atoms in total. The molecule has 180 valence electrons. The van der Waals surface area contributed by atoms with Gasteiger partial charge in [0.05, 0.1) is 5.70 Å². The summed E-state index contributed by atoms with van der Waals surface area (Å²) in [5.41, 5.74) is 10.8. The van der Waals surface area contributed by atoms with Crippen LogP contribution in [0, 0.1) is 0 Å². The average Bonchev–Trinajstić information content (AvgIpc) is 2.82. The summed E-state index contributed by atoms with van der Waals surface area (Å²) in [6.45, 7) is 13.8. The third kappa shape index (κ3) is 7.10. The average molecular weight is 461 g/mol. The number of allylic oxidation sites excluding steroid dienone is 4. The molecule has 1 aromatic heterocycles. The third-order valence-corrected chi connectivity index (χ3v) is 5.30. The summed E-state index contributed by atoms with van der Waals surface area (Å²) in [5, 5.41) is 0. The largest absolute Gasteiger partial charge is 0.399 e. The Morgan fingerprint density at radius 1 is 1.12 bits per heavy atom. The van der Waals surface area contributed by atoms with Crippen LogP contribution in [-0.4, -0.2) is 33.8 Å². The maximum absolute atomic E-state index is 12.1. The fourth-order valence-electron chi connectivity index (χ4n) is 3.54. The van der Waals surface area contributed by atoms with E-state index in [0.717, 1.165) is 54.0 Å². The number of nitrogens with one attached hydrogen (secondary N) is 1. The fraction of sp³-hybridized carbons (Fsp3) is 0.286. The molecule has 34 heavy (non-hydrogen) atoms. The minimum atomic E-state index is -0.106. The van der Waals surface area contributed by atoms with Crippen molar-refractivity contribution in [3.63, 3.8) is 0 Å². The number of amides is 1. The highest BCUT2D eigenvalue weighted by Crippen LogP contribution is 2.30. The van der Waals surface area contributed by atoms with Crippen molar-refractivity contribution in [3.05, 3.63) is 106 Å². The molecule has 3 N–H and O–H groups in total. The lowest BCUT2D eigenvalue weighted by Gasteiger charge is -2.29. The van der Waals surface area contributed by atoms with Gasteiger partial charge in [-0.15, -0.1) is 0 Å². The molecule has 6 heteroatoms. The van der Waals surface area contributed by atoms with Gasteiger partial charge in [-0.25, -0.2) is 0 Å². The molecule has 0 saturated heterocycles. The van der Waals surface area contributed by atoms with Crippen LogP contribution >= 0.6 is 0 Å². The van der Waals surface area contributed by atoms with Crippen LogP contribution in [0.1, 0.15) is 56.5 Å². The first-order valence-corrected chi connectivity index (χ1v) is 11.7. The maximum Gasteiger partial charge on any atom is 0.253 e. The van der Waals surface area contributed by atoms with Crippen molar-refractivity contribution >= 4 is 17.3 Å². The highest BCUT2D eigenvalue weighted by Gasteiger charge is 2.17. The second-order valence-corrected chi connectivity index (χ2v) is 8.06. The molecule has 1 amide bonds. The molecule has 0 spiro atoms. The zero-order chi connectivity index (χ0) is 25.1. The predicted molar refractivity (Wildman–Crippen MR) is 142 cm³/mol. The van der Waals surface area contributed by atoms with Crippen LogP contribution in [0.2, 0.25) is 0 Å². The summed E-state index contributed by atoms with van der Waals surface area (Å²) in [4.78, 5) is 30.0. The molecule has 1 aromatic carbocycles. The van der Waals surface area contributed by atoms with Crippen LogP contribution in [0.4, 0.5) is 5.69 Å². The van der Waals surface area contributed by atoms with Crippen LogP contribution < -0.4 is 11.3 Å². The zero-order valence-electron chi connectivity index (χ0n) is 20.7. The van der Waals surface area contributed by atoms with E-state index < -0.39 is 0 Å². The highest BCUT2D eigenvalue weighted by molar-refractivity contribution is 5.94. The van der Waals surface area contributed by atoms with Crippen molar-refractivity contribution < 1.29 is 4.79 Å². The van der Waals surface area contributed by atoms with Crippen LogP contribution in [0.15, 0.2) is 89.7 Å². The molecule has 0 unspecified atom stereocenters. The molecule has 0 atom stereocenters. The SMILES string of the molecule is C=C1C(C)=CC=C(c2cc[nH]c(=O)c2)N1/C=C\C.CCCN(CCC)C(=O)c1ccc(N)cc1. The fourth-order valence-corrected chi connectivity index (χ4v) is 3.54. The zero-order valence-corrected chi connectivity index (χ0v) is 20.7. The molecular weight excluding hydrogens is 424 g/mol. The number of pyridine rings is 1. The van der Waals surface area contributed by atoms with E-state index in [1.54, 1.807) is 36.5 Å². The first kappa shape index (κ1) is 26.5. The summed E-state index contributed by atoms with van der Waals surface area (Å²) in [7, 11) is 0. The second-order valence-electron chi connectivity index (χ2n) is 8.06. The van der Waals surface area contributed by atoms with Crippen LogP contribution in [0.25, 0.3) is 5.70 Å². The Labute approximate surface area is 202 Å². The minimum Gasteiger partial charge on any atom is -0.399 e. The normalized spacial score (nSPS) is 13.2. The Kier molecular flexibility index (Phi) is 10.1. The number of aromatic amines is 1. The van der Waals surface area contributed by atoms with Crippen molar-refractivity contribution in [2.75, 3.05) is 18.8 Å².